The van der Waals surface area contributed by atoms with E-state index in [9.17, 15) is 19.3 Å². The monoisotopic (exact) mass is 294 g/mol. The second-order valence-corrected chi connectivity index (χ2v) is 4.04. The quantitative estimate of drug-likeness (QED) is 0.517. The van der Waals surface area contributed by atoms with Crippen LogP contribution in [-0.4, -0.2) is 18.0 Å². The van der Waals surface area contributed by atoms with Crippen LogP contribution in [0.15, 0.2) is 34.9 Å². The number of hydrogen-bond acceptors (Lipinski definition) is 6. The first-order valence-corrected chi connectivity index (χ1v) is 5.85. The summed E-state index contributed by atoms with van der Waals surface area (Å²) < 4.78 is 23.0. The first kappa shape index (κ1) is 14.5. The van der Waals surface area contributed by atoms with Crippen molar-refractivity contribution in [1.29, 1.82) is 0 Å². The van der Waals surface area contributed by atoms with Crippen LogP contribution in [0.5, 0.6) is 0 Å². The normalized spacial score (nSPS) is 10.2. The molecule has 2 rings (SSSR count). The number of furan rings is 1. The Hall–Kier alpha value is -2.90. The molecule has 0 fully saturated rings. The predicted molar refractivity (Wildman–Crippen MR) is 70.4 cm³/mol. The third kappa shape index (κ3) is 3.16. The summed E-state index contributed by atoms with van der Waals surface area (Å²) in [5.41, 5.74) is 0.273. The lowest BCUT2D eigenvalue weighted by atomic mass is 10.2. The van der Waals surface area contributed by atoms with Crippen LogP contribution < -0.4 is 5.32 Å². The van der Waals surface area contributed by atoms with Gasteiger partial charge in [0.2, 0.25) is 11.6 Å². The molecule has 0 saturated heterocycles. The summed E-state index contributed by atoms with van der Waals surface area (Å²) in [6.45, 7) is 0.179. The number of carbonyl (C=O) groups excluding carboxylic acids is 1. The molecular weight excluding hydrogens is 283 g/mol. The summed E-state index contributed by atoms with van der Waals surface area (Å²) >= 11 is 0. The molecule has 1 heterocycles. The Morgan fingerprint density at radius 3 is 2.86 bits per heavy atom. The molecule has 0 spiro atoms. The maximum Gasteiger partial charge on any atom is 0.374 e. The zero-order valence-electron chi connectivity index (χ0n) is 11.0. The van der Waals surface area contributed by atoms with Crippen LogP contribution in [-0.2, 0) is 11.3 Å². The highest BCUT2D eigenvalue weighted by molar-refractivity contribution is 5.87. The zero-order valence-corrected chi connectivity index (χ0v) is 11.0. The Bertz CT molecular complexity index is 683. The van der Waals surface area contributed by atoms with E-state index in [4.69, 9.17) is 4.42 Å². The fourth-order valence-electron chi connectivity index (χ4n) is 1.71. The third-order valence-corrected chi connectivity index (χ3v) is 2.74. The number of halogens is 1. The van der Waals surface area contributed by atoms with Crippen molar-refractivity contribution in [2.24, 2.45) is 0 Å². The van der Waals surface area contributed by atoms with E-state index >= 15 is 0 Å². The number of esters is 1. The Balaban J connectivity index is 2.10. The summed E-state index contributed by atoms with van der Waals surface area (Å²) in [6.07, 6.45) is 1.33. The maximum absolute atomic E-state index is 13.5. The van der Waals surface area contributed by atoms with Gasteiger partial charge in [-0.1, -0.05) is 0 Å². The molecule has 0 unspecified atom stereocenters. The first-order valence-electron chi connectivity index (χ1n) is 5.85. The van der Waals surface area contributed by atoms with Gasteiger partial charge in [-0.3, -0.25) is 10.1 Å². The van der Waals surface area contributed by atoms with E-state index < -0.39 is 22.4 Å². The SMILES string of the molecule is COC(=O)c1occc1CNc1ccc([N+](=O)[O-])c(F)c1. The number of ether oxygens (including phenoxy) is 1. The fourth-order valence-corrected chi connectivity index (χ4v) is 1.71. The van der Waals surface area contributed by atoms with Crippen LogP contribution in [0, 0.1) is 15.9 Å². The molecule has 0 atom stereocenters. The molecule has 0 bridgehead atoms. The van der Waals surface area contributed by atoms with Crippen molar-refractivity contribution in [2.75, 3.05) is 12.4 Å². The lowest BCUT2D eigenvalue weighted by molar-refractivity contribution is -0.387. The lowest BCUT2D eigenvalue weighted by Gasteiger charge is -2.06. The van der Waals surface area contributed by atoms with Crippen molar-refractivity contribution in [1.82, 2.24) is 0 Å². The van der Waals surface area contributed by atoms with E-state index in [2.05, 4.69) is 10.1 Å². The van der Waals surface area contributed by atoms with E-state index in [1.54, 1.807) is 6.07 Å². The molecule has 1 N–H and O–H groups in total. The summed E-state index contributed by atoms with van der Waals surface area (Å²) in [7, 11) is 1.23. The molecule has 0 saturated carbocycles. The number of benzene rings is 1. The highest BCUT2D eigenvalue weighted by Gasteiger charge is 2.17. The van der Waals surface area contributed by atoms with Crippen molar-refractivity contribution in [3.8, 4) is 0 Å². The van der Waals surface area contributed by atoms with Gasteiger partial charge in [0, 0.05) is 29.9 Å². The van der Waals surface area contributed by atoms with Crippen LogP contribution in [0.4, 0.5) is 15.8 Å². The molecule has 0 amide bonds. The van der Waals surface area contributed by atoms with Gasteiger partial charge < -0.3 is 14.5 Å². The number of nitro groups is 1. The van der Waals surface area contributed by atoms with Crippen LogP contribution in [0.3, 0.4) is 0 Å². The zero-order chi connectivity index (χ0) is 15.4. The van der Waals surface area contributed by atoms with Crippen LogP contribution in [0.25, 0.3) is 0 Å². The van der Waals surface area contributed by atoms with Crippen molar-refractivity contribution >= 4 is 17.3 Å². The Kier molecular flexibility index (Phi) is 4.17. The van der Waals surface area contributed by atoms with Gasteiger partial charge in [-0.25, -0.2) is 4.79 Å². The standard InChI is InChI=1S/C13H11FN2O5/c1-20-13(17)12-8(4-5-21-12)7-15-9-2-3-11(16(18)19)10(14)6-9/h2-6,15H,7H2,1H3. The molecule has 110 valence electrons. The van der Waals surface area contributed by atoms with Gasteiger partial charge in [-0.2, -0.15) is 4.39 Å². The summed E-state index contributed by atoms with van der Waals surface area (Å²) in [5.74, 6) is -1.51. The minimum atomic E-state index is -0.939. The fraction of sp³-hybridized carbons (Fsp3) is 0.154. The van der Waals surface area contributed by atoms with Gasteiger partial charge >= 0.3 is 11.7 Å². The van der Waals surface area contributed by atoms with Crippen molar-refractivity contribution in [2.45, 2.75) is 6.54 Å². The van der Waals surface area contributed by atoms with E-state index in [1.807, 2.05) is 0 Å². The molecule has 2 aromatic rings. The number of hydrogen-bond donors (Lipinski definition) is 1. The topological polar surface area (TPSA) is 94.6 Å². The number of nitrogens with one attached hydrogen (secondary N) is 1. The van der Waals surface area contributed by atoms with Gasteiger partial charge in [0.05, 0.1) is 18.3 Å². The number of nitro benzene ring substituents is 1. The summed E-state index contributed by atoms with van der Waals surface area (Å²) in [5, 5.41) is 13.4. The van der Waals surface area contributed by atoms with Crippen molar-refractivity contribution in [3.63, 3.8) is 0 Å². The molecule has 0 aliphatic rings. The largest absolute Gasteiger partial charge is 0.463 e. The molecule has 21 heavy (non-hydrogen) atoms. The third-order valence-electron chi connectivity index (χ3n) is 2.74. The molecular formula is C13H11FN2O5. The molecule has 1 aromatic carbocycles. The molecule has 0 aliphatic carbocycles. The van der Waals surface area contributed by atoms with Crippen LogP contribution in [0.2, 0.25) is 0 Å². The van der Waals surface area contributed by atoms with E-state index in [0.717, 1.165) is 12.1 Å². The van der Waals surface area contributed by atoms with Crippen molar-refractivity contribution in [3.05, 3.63) is 57.8 Å². The summed E-state index contributed by atoms with van der Waals surface area (Å²) in [6, 6.07) is 5.02. The van der Waals surface area contributed by atoms with Crippen LogP contribution in [0.1, 0.15) is 16.1 Å². The van der Waals surface area contributed by atoms with Gasteiger partial charge in [-0.05, 0) is 12.1 Å². The minimum Gasteiger partial charge on any atom is -0.463 e. The predicted octanol–water partition coefficient (Wildman–Crippen LogP) is 2.73. The van der Waals surface area contributed by atoms with E-state index in [0.29, 0.717) is 11.3 Å². The Labute approximate surface area is 118 Å². The molecule has 1 aromatic heterocycles. The number of rotatable bonds is 5. The van der Waals surface area contributed by atoms with Gasteiger partial charge in [0.1, 0.15) is 0 Å². The summed E-state index contributed by atoms with van der Waals surface area (Å²) in [4.78, 5) is 21.1. The lowest BCUT2D eigenvalue weighted by Crippen LogP contribution is -2.07. The van der Waals surface area contributed by atoms with Crippen molar-refractivity contribution < 1.29 is 23.3 Å². The molecule has 0 radical (unpaired) electrons. The second kappa shape index (κ2) is 6.04. The number of methoxy groups -OCH3 is 1. The van der Waals surface area contributed by atoms with E-state index in [-0.39, 0.29) is 12.3 Å². The second-order valence-electron chi connectivity index (χ2n) is 4.04. The average molecular weight is 294 g/mol. The van der Waals surface area contributed by atoms with Crippen LogP contribution >= 0.6 is 0 Å². The highest BCUT2D eigenvalue weighted by atomic mass is 19.1. The van der Waals surface area contributed by atoms with Gasteiger partial charge in [-0.15, -0.1) is 0 Å². The number of nitrogens with zero attached hydrogens (tertiary/aromatic N) is 1. The first-order chi connectivity index (χ1) is 10.0. The highest BCUT2D eigenvalue weighted by Crippen LogP contribution is 2.22. The molecule has 8 heteroatoms. The van der Waals surface area contributed by atoms with E-state index in [1.165, 1.54) is 19.4 Å². The minimum absolute atomic E-state index is 0.0485. The average Bonchev–Trinajstić information content (AvgIpc) is 2.92. The smallest absolute Gasteiger partial charge is 0.374 e. The Morgan fingerprint density at radius 1 is 1.48 bits per heavy atom. The molecule has 0 aliphatic heterocycles. The number of carbonyl (C=O) groups is 1. The van der Waals surface area contributed by atoms with Gasteiger partial charge in [0.25, 0.3) is 0 Å². The van der Waals surface area contributed by atoms with Gasteiger partial charge in [0.15, 0.2) is 0 Å². The Morgan fingerprint density at radius 2 is 2.24 bits per heavy atom. The molecule has 7 nitrogen and oxygen atoms in total. The maximum atomic E-state index is 13.5. The number of anilines is 1.